The van der Waals surface area contributed by atoms with Crippen molar-refractivity contribution < 1.29 is 8.42 Å². The molecular formula is C14H18N4O2S. The number of nitrogens with two attached hydrogens (primary N) is 1. The van der Waals surface area contributed by atoms with E-state index in [0.717, 1.165) is 11.3 Å². The van der Waals surface area contributed by atoms with Crippen LogP contribution in [0.3, 0.4) is 0 Å². The minimum absolute atomic E-state index is 0.0478. The summed E-state index contributed by atoms with van der Waals surface area (Å²) < 4.78 is 29.1. The highest BCUT2D eigenvalue weighted by molar-refractivity contribution is 7.93. The van der Waals surface area contributed by atoms with Gasteiger partial charge in [-0.05, 0) is 31.9 Å². The highest BCUT2D eigenvalue weighted by Crippen LogP contribution is 2.38. The SMILES string of the molecule is Cc1c(S(=O)(=O)N2c3ccccc3CC2C)c(N)nn1C. The van der Waals surface area contributed by atoms with Crippen LogP contribution in [0.25, 0.3) is 0 Å². The van der Waals surface area contributed by atoms with Crippen molar-refractivity contribution in [3.05, 3.63) is 35.5 Å². The number of anilines is 2. The summed E-state index contributed by atoms with van der Waals surface area (Å²) in [7, 11) is -2.03. The normalized spacial score (nSPS) is 18.0. The molecule has 2 N–H and O–H groups in total. The van der Waals surface area contributed by atoms with Crippen LogP contribution in [0.1, 0.15) is 18.2 Å². The molecule has 1 aromatic carbocycles. The summed E-state index contributed by atoms with van der Waals surface area (Å²) in [6.07, 6.45) is 0.703. The van der Waals surface area contributed by atoms with Crippen molar-refractivity contribution in [2.24, 2.45) is 7.05 Å². The third-order valence-electron chi connectivity index (χ3n) is 3.97. The van der Waals surface area contributed by atoms with Crippen molar-refractivity contribution in [2.75, 3.05) is 10.0 Å². The molecule has 7 heteroatoms. The second-order valence-electron chi connectivity index (χ2n) is 5.41. The van der Waals surface area contributed by atoms with Crippen molar-refractivity contribution in [2.45, 2.75) is 31.2 Å². The molecule has 1 aromatic heterocycles. The number of fused-ring (bicyclic) bond motifs is 1. The fraction of sp³-hybridized carbons (Fsp3) is 0.357. The molecule has 0 amide bonds. The molecule has 3 rings (SSSR count). The zero-order chi connectivity index (χ0) is 15.4. The van der Waals surface area contributed by atoms with Gasteiger partial charge in [-0.15, -0.1) is 0 Å². The molecule has 0 radical (unpaired) electrons. The van der Waals surface area contributed by atoms with Crippen molar-refractivity contribution in [3.63, 3.8) is 0 Å². The molecule has 1 aliphatic heterocycles. The predicted molar refractivity (Wildman–Crippen MR) is 81.6 cm³/mol. The maximum atomic E-state index is 13.1. The van der Waals surface area contributed by atoms with Gasteiger partial charge < -0.3 is 5.73 Å². The highest BCUT2D eigenvalue weighted by atomic mass is 32.2. The van der Waals surface area contributed by atoms with E-state index in [9.17, 15) is 8.42 Å². The summed E-state index contributed by atoms with van der Waals surface area (Å²) in [4.78, 5) is 0.105. The largest absolute Gasteiger partial charge is 0.381 e. The smallest absolute Gasteiger partial charge is 0.270 e. The summed E-state index contributed by atoms with van der Waals surface area (Å²) in [6.45, 7) is 3.61. The van der Waals surface area contributed by atoms with E-state index in [-0.39, 0.29) is 16.8 Å². The summed E-state index contributed by atoms with van der Waals surface area (Å²) in [5.41, 5.74) is 8.13. The van der Waals surface area contributed by atoms with E-state index in [1.165, 1.54) is 8.99 Å². The molecule has 0 saturated carbocycles. The number of para-hydroxylation sites is 1. The maximum absolute atomic E-state index is 13.1. The second kappa shape index (κ2) is 4.49. The van der Waals surface area contributed by atoms with Gasteiger partial charge in [0.2, 0.25) is 0 Å². The Balaban J connectivity index is 2.20. The third kappa shape index (κ3) is 1.91. The van der Waals surface area contributed by atoms with Crippen molar-refractivity contribution in [1.29, 1.82) is 0 Å². The Morgan fingerprint density at radius 1 is 1.33 bits per heavy atom. The Morgan fingerprint density at radius 3 is 2.62 bits per heavy atom. The molecule has 1 aliphatic rings. The topological polar surface area (TPSA) is 81.2 Å². The monoisotopic (exact) mass is 306 g/mol. The van der Waals surface area contributed by atoms with Crippen LogP contribution >= 0.6 is 0 Å². The lowest BCUT2D eigenvalue weighted by Crippen LogP contribution is -2.36. The number of nitrogens with zero attached hydrogens (tertiary/aromatic N) is 3. The van der Waals surface area contributed by atoms with E-state index in [1.807, 2.05) is 31.2 Å². The van der Waals surface area contributed by atoms with Crippen LogP contribution in [0.2, 0.25) is 0 Å². The molecule has 2 aromatic rings. The first-order chi connectivity index (χ1) is 9.84. The molecule has 6 nitrogen and oxygen atoms in total. The quantitative estimate of drug-likeness (QED) is 0.910. The average molecular weight is 306 g/mol. The number of sulfonamides is 1. The Kier molecular flexibility index (Phi) is 2.98. The predicted octanol–water partition coefficient (Wildman–Crippen LogP) is 1.45. The molecule has 112 valence electrons. The lowest BCUT2D eigenvalue weighted by molar-refractivity contribution is 0.583. The number of hydrogen-bond acceptors (Lipinski definition) is 4. The van der Waals surface area contributed by atoms with Gasteiger partial charge in [-0.2, -0.15) is 5.10 Å². The number of benzene rings is 1. The van der Waals surface area contributed by atoms with Gasteiger partial charge in [0.05, 0.1) is 11.4 Å². The van der Waals surface area contributed by atoms with Gasteiger partial charge in [-0.3, -0.25) is 8.99 Å². The van der Waals surface area contributed by atoms with E-state index in [4.69, 9.17) is 5.73 Å². The summed E-state index contributed by atoms with van der Waals surface area (Å²) in [5, 5.41) is 4.02. The molecule has 1 atom stereocenters. The minimum atomic E-state index is -3.72. The Morgan fingerprint density at radius 2 is 2.00 bits per heavy atom. The van der Waals surface area contributed by atoms with E-state index >= 15 is 0 Å². The standard InChI is InChI=1S/C14H18N4O2S/c1-9-8-11-6-4-5-7-12(11)18(9)21(19,20)13-10(2)17(3)16-14(13)15/h4-7,9H,8H2,1-3H3,(H2,15,16). The molecule has 0 spiro atoms. The van der Waals surface area contributed by atoms with E-state index in [0.29, 0.717) is 12.1 Å². The van der Waals surface area contributed by atoms with Crippen molar-refractivity contribution in [1.82, 2.24) is 9.78 Å². The van der Waals surface area contributed by atoms with Gasteiger partial charge in [0.15, 0.2) is 10.7 Å². The van der Waals surface area contributed by atoms with Gasteiger partial charge in [-0.1, -0.05) is 18.2 Å². The first-order valence-electron chi connectivity index (χ1n) is 6.75. The lowest BCUT2D eigenvalue weighted by atomic mass is 10.1. The average Bonchev–Trinajstić information content (AvgIpc) is 2.86. The summed E-state index contributed by atoms with van der Waals surface area (Å²) in [5.74, 6) is 0.0478. The third-order valence-corrected chi connectivity index (χ3v) is 6.06. The summed E-state index contributed by atoms with van der Waals surface area (Å²) in [6, 6.07) is 7.43. The highest BCUT2D eigenvalue weighted by Gasteiger charge is 2.38. The number of nitrogen functional groups attached to an aromatic ring is 1. The molecule has 0 saturated heterocycles. The van der Waals surface area contributed by atoms with E-state index in [1.54, 1.807) is 14.0 Å². The number of aromatic nitrogens is 2. The number of rotatable bonds is 2. The number of aryl methyl sites for hydroxylation is 1. The van der Waals surface area contributed by atoms with Crippen LogP contribution in [0, 0.1) is 6.92 Å². The van der Waals surface area contributed by atoms with Gasteiger partial charge in [0, 0.05) is 13.1 Å². The maximum Gasteiger partial charge on any atom is 0.270 e. The van der Waals surface area contributed by atoms with E-state index in [2.05, 4.69) is 5.10 Å². The minimum Gasteiger partial charge on any atom is -0.381 e. The molecule has 2 heterocycles. The molecule has 0 aliphatic carbocycles. The molecule has 0 fully saturated rings. The first-order valence-corrected chi connectivity index (χ1v) is 8.19. The van der Waals surface area contributed by atoms with Gasteiger partial charge >= 0.3 is 0 Å². The molecule has 0 bridgehead atoms. The molecular weight excluding hydrogens is 288 g/mol. The Labute approximate surface area is 124 Å². The van der Waals surface area contributed by atoms with Crippen LogP contribution in [-0.4, -0.2) is 24.2 Å². The van der Waals surface area contributed by atoms with Crippen LogP contribution in [0.15, 0.2) is 29.2 Å². The van der Waals surface area contributed by atoms with Crippen LogP contribution in [-0.2, 0) is 23.5 Å². The van der Waals surface area contributed by atoms with Gasteiger partial charge in [0.25, 0.3) is 10.0 Å². The van der Waals surface area contributed by atoms with Crippen LogP contribution in [0.5, 0.6) is 0 Å². The van der Waals surface area contributed by atoms with Crippen molar-refractivity contribution >= 4 is 21.5 Å². The zero-order valence-corrected chi connectivity index (χ0v) is 13.1. The second-order valence-corrected chi connectivity index (χ2v) is 7.16. The Bertz CT molecular complexity index is 810. The fourth-order valence-electron chi connectivity index (χ4n) is 2.93. The summed E-state index contributed by atoms with van der Waals surface area (Å²) >= 11 is 0. The van der Waals surface area contributed by atoms with Gasteiger partial charge in [-0.25, -0.2) is 8.42 Å². The fourth-order valence-corrected chi connectivity index (χ4v) is 4.93. The van der Waals surface area contributed by atoms with Crippen LogP contribution in [0.4, 0.5) is 11.5 Å². The number of hydrogen-bond donors (Lipinski definition) is 1. The lowest BCUT2D eigenvalue weighted by Gasteiger charge is -2.24. The van der Waals surface area contributed by atoms with Gasteiger partial charge in [0.1, 0.15) is 0 Å². The molecule has 1 unspecified atom stereocenters. The zero-order valence-electron chi connectivity index (χ0n) is 12.2. The Hall–Kier alpha value is -2.02. The first kappa shape index (κ1) is 13.9. The van der Waals surface area contributed by atoms with E-state index < -0.39 is 10.0 Å². The van der Waals surface area contributed by atoms with Crippen molar-refractivity contribution in [3.8, 4) is 0 Å². The van der Waals surface area contributed by atoms with Crippen LogP contribution < -0.4 is 10.0 Å². The molecule has 21 heavy (non-hydrogen) atoms.